The predicted molar refractivity (Wildman–Crippen MR) is 110 cm³/mol. The molecule has 3 aromatic carbocycles. The first-order valence-corrected chi connectivity index (χ1v) is 9.64. The van der Waals surface area contributed by atoms with Gasteiger partial charge in [-0.25, -0.2) is 0 Å². The molecule has 27 heavy (non-hydrogen) atoms. The molecule has 0 bridgehead atoms. The summed E-state index contributed by atoms with van der Waals surface area (Å²) in [6.07, 6.45) is 0. The molecule has 138 valence electrons. The molecule has 1 atom stereocenters. The molecule has 1 heterocycles. The van der Waals surface area contributed by atoms with Crippen molar-refractivity contribution in [2.45, 2.75) is 13.0 Å². The fourth-order valence-corrected chi connectivity index (χ4v) is 3.68. The lowest BCUT2D eigenvalue weighted by Gasteiger charge is -2.35. The summed E-state index contributed by atoms with van der Waals surface area (Å²) in [5, 5.41) is 3.46. The zero-order chi connectivity index (χ0) is 18.5. The molecule has 1 aliphatic rings. The average Bonchev–Trinajstić information content (AvgIpc) is 2.72. The van der Waals surface area contributed by atoms with Crippen molar-refractivity contribution in [3.8, 4) is 11.5 Å². The van der Waals surface area contributed by atoms with Crippen LogP contribution < -0.4 is 10.1 Å². The number of aryl methyl sites for hydroxylation is 1. The quantitative estimate of drug-likeness (QED) is 0.710. The van der Waals surface area contributed by atoms with Gasteiger partial charge in [-0.3, -0.25) is 4.90 Å². The van der Waals surface area contributed by atoms with E-state index < -0.39 is 0 Å². The lowest BCUT2D eigenvalue weighted by atomic mass is 9.95. The maximum absolute atomic E-state index is 6.08. The lowest BCUT2D eigenvalue weighted by Crippen LogP contribution is -2.45. The third kappa shape index (κ3) is 4.38. The third-order valence-electron chi connectivity index (χ3n) is 5.06. The van der Waals surface area contributed by atoms with E-state index in [1.54, 1.807) is 0 Å². The summed E-state index contributed by atoms with van der Waals surface area (Å²) in [4.78, 5) is 2.56. The molecule has 3 nitrogen and oxygen atoms in total. The van der Waals surface area contributed by atoms with E-state index in [-0.39, 0.29) is 6.04 Å². The molecular formula is C24H26N2O. The summed E-state index contributed by atoms with van der Waals surface area (Å²) in [6.45, 7) is 6.29. The van der Waals surface area contributed by atoms with Gasteiger partial charge in [-0.15, -0.1) is 0 Å². The van der Waals surface area contributed by atoms with Crippen LogP contribution in [0.4, 0.5) is 0 Å². The van der Waals surface area contributed by atoms with Crippen molar-refractivity contribution in [3.05, 3.63) is 95.6 Å². The fourth-order valence-electron chi connectivity index (χ4n) is 3.68. The largest absolute Gasteiger partial charge is 0.457 e. The second-order valence-electron chi connectivity index (χ2n) is 7.09. The van der Waals surface area contributed by atoms with E-state index in [0.717, 1.165) is 37.7 Å². The average molecular weight is 358 g/mol. The molecule has 0 spiro atoms. The van der Waals surface area contributed by atoms with Gasteiger partial charge in [0.05, 0.1) is 6.04 Å². The van der Waals surface area contributed by atoms with E-state index in [4.69, 9.17) is 4.74 Å². The SMILES string of the molecule is Cc1ccc(C(c2cccc(Oc3ccccc3)c2)N2CCNCC2)cc1. The van der Waals surface area contributed by atoms with E-state index in [9.17, 15) is 0 Å². The van der Waals surface area contributed by atoms with Crippen molar-refractivity contribution in [2.24, 2.45) is 0 Å². The summed E-state index contributed by atoms with van der Waals surface area (Å²) in [7, 11) is 0. The lowest BCUT2D eigenvalue weighted by molar-refractivity contribution is 0.198. The van der Waals surface area contributed by atoms with Crippen LogP contribution in [-0.2, 0) is 0 Å². The number of piperazine rings is 1. The number of ether oxygens (including phenoxy) is 1. The minimum absolute atomic E-state index is 0.243. The first kappa shape index (κ1) is 17.8. The molecule has 0 aliphatic carbocycles. The second-order valence-corrected chi connectivity index (χ2v) is 7.09. The van der Waals surface area contributed by atoms with Crippen molar-refractivity contribution in [1.82, 2.24) is 10.2 Å². The number of rotatable bonds is 5. The molecule has 1 aliphatic heterocycles. The Kier molecular flexibility index (Phi) is 5.52. The second kappa shape index (κ2) is 8.38. The van der Waals surface area contributed by atoms with Gasteiger partial charge < -0.3 is 10.1 Å². The van der Waals surface area contributed by atoms with E-state index in [1.165, 1.54) is 16.7 Å². The van der Waals surface area contributed by atoms with E-state index in [2.05, 4.69) is 59.6 Å². The van der Waals surface area contributed by atoms with Gasteiger partial charge >= 0.3 is 0 Å². The normalized spacial score (nSPS) is 16.0. The number of nitrogens with one attached hydrogen (secondary N) is 1. The van der Waals surface area contributed by atoms with Gasteiger partial charge in [0.1, 0.15) is 11.5 Å². The summed E-state index contributed by atoms with van der Waals surface area (Å²) >= 11 is 0. The van der Waals surface area contributed by atoms with Gasteiger partial charge in [-0.1, -0.05) is 60.2 Å². The van der Waals surface area contributed by atoms with Crippen molar-refractivity contribution in [3.63, 3.8) is 0 Å². The Morgan fingerprint density at radius 1 is 0.778 bits per heavy atom. The molecule has 1 fully saturated rings. The van der Waals surface area contributed by atoms with Crippen LogP contribution in [0.15, 0.2) is 78.9 Å². The molecule has 1 N–H and O–H groups in total. The minimum Gasteiger partial charge on any atom is -0.457 e. The van der Waals surface area contributed by atoms with Crippen molar-refractivity contribution < 1.29 is 4.74 Å². The van der Waals surface area contributed by atoms with Gasteiger partial charge in [0.15, 0.2) is 0 Å². The van der Waals surface area contributed by atoms with Gasteiger partial charge in [0.2, 0.25) is 0 Å². The van der Waals surface area contributed by atoms with Gasteiger partial charge in [-0.05, 0) is 42.3 Å². The highest BCUT2D eigenvalue weighted by Gasteiger charge is 2.24. The van der Waals surface area contributed by atoms with Crippen molar-refractivity contribution >= 4 is 0 Å². The standard InChI is InChI=1S/C24H26N2O/c1-19-10-12-20(13-11-19)24(26-16-14-25-15-17-26)21-6-5-9-23(18-21)27-22-7-3-2-4-8-22/h2-13,18,24-25H,14-17H2,1H3. The van der Waals surface area contributed by atoms with Crippen molar-refractivity contribution in [2.75, 3.05) is 26.2 Å². The molecule has 1 unspecified atom stereocenters. The number of hydrogen-bond acceptors (Lipinski definition) is 3. The van der Waals surface area contributed by atoms with Crippen molar-refractivity contribution in [1.29, 1.82) is 0 Å². The van der Waals surface area contributed by atoms with Crippen LogP contribution >= 0.6 is 0 Å². The topological polar surface area (TPSA) is 24.5 Å². The first-order valence-electron chi connectivity index (χ1n) is 9.64. The van der Waals surface area contributed by atoms with Crippen LogP contribution in [0, 0.1) is 6.92 Å². The predicted octanol–water partition coefficient (Wildman–Crippen LogP) is 4.78. The van der Waals surface area contributed by atoms with E-state index in [0.29, 0.717) is 0 Å². The summed E-state index contributed by atoms with van der Waals surface area (Å²) in [6, 6.07) is 27.6. The number of hydrogen-bond donors (Lipinski definition) is 1. The van der Waals surface area contributed by atoms with Crippen LogP contribution in [0.25, 0.3) is 0 Å². The zero-order valence-corrected chi connectivity index (χ0v) is 15.8. The minimum atomic E-state index is 0.243. The Labute approximate surface area is 161 Å². The van der Waals surface area contributed by atoms with Crippen LogP contribution in [0.3, 0.4) is 0 Å². The highest BCUT2D eigenvalue weighted by atomic mass is 16.5. The van der Waals surface area contributed by atoms with Crippen LogP contribution in [0.1, 0.15) is 22.7 Å². The van der Waals surface area contributed by atoms with Gasteiger partial charge in [0, 0.05) is 26.2 Å². The highest BCUT2D eigenvalue weighted by Crippen LogP contribution is 2.32. The molecule has 3 heteroatoms. The Hall–Kier alpha value is -2.62. The molecule has 0 radical (unpaired) electrons. The summed E-state index contributed by atoms with van der Waals surface area (Å²) in [5.74, 6) is 1.75. The molecule has 0 aromatic heterocycles. The first-order chi connectivity index (χ1) is 13.3. The Balaban J connectivity index is 1.66. The summed E-state index contributed by atoms with van der Waals surface area (Å²) < 4.78 is 6.08. The third-order valence-corrected chi connectivity index (χ3v) is 5.06. The molecule has 0 amide bonds. The maximum Gasteiger partial charge on any atom is 0.127 e. The molecule has 3 aromatic rings. The molecule has 1 saturated heterocycles. The van der Waals surface area contributed by atoms with Crippen LogP contribution in [0.2, 0.25) is 0 Å². The highest BCUT2D eigenvalue weighted by molar-refractivity contribution is 5.39. The molecule has 0 saturated carbocycles. The van der Waals surface area contributed by atoms with Crippen LogP contribution in [-0.4, -0.2) is 31.1 Å². The molecular weight excluding hydrogens is 332 g/mol. The Morgan fingerprint density at radius 2 is 1.48 bits per heavy atom. The van der Waals surface area contributed by atoms with Gasteiger partial charge in [0.25, 0.3) is 0 Å². The monoisotopic (exact) mass is 358 g/mol. The van der Waals surface area contributed by atoms with E-state index in [1.807, 2.05) is 36.4 Å². The number of nitrogens with zero attached hydrogens (tertiary/aromatic N) is 1. The number of para-hydroxylation sites is 1. The fraction of sp³-hybridized carbons (Fsp3) is 0.250. The van der Waals surface area contributed by atoms with E-state index >= 15 is 0 Å². The maximum atomic E-state index is 6.08. The zero-order valence-electron chi connectivity index (χ0n) is 15.8. The summed E-state index contributed by atoms with van der Waals surface area (Å²) in [5.41, 5.74) is 3.90. The molecule has 4 rings (SSSR count). The van der Waals surface area contributed by atoms with Gasteiger partial charge in [-0.2, -0.15) is 0 Å². The number of benzene rings is 3. The Bertz CT molecular complexity index is 855. The van der Waals surface area contributed by atoms with Crippen LogP contribution in [0.5, 0.6) is 11.5 Å². The Morgan fingerprint density at radius 3 is 2.22 bits per heavy atom. The smallest absolute Gasteiger partial charge is 0.127 e.